The van der Waals surface area contributed by atoms with Gasteiger partial charge in [-0.1, -0.05) is 30.3 Å². The van der Waals surface area contributed by atoms with E-state index in [-0.39, 0.29) is 30.7 Å². The van der Waals surface area contributed by atoms with Crippen LogP contribution < -0.4 is 15.4 Å². The summed E-state index contributed by atoms with van der Waals surface area (Å²) in [6.45, 7) is 1.63. The molecule has 2 aromatic rings. The highest BCUT2D eigenvalue weighted by molar-refractivity contribution is 6.02. The number of benzene rings is 1. The lowest BCUT2D eigenvalue weighted by Crippen LogP contribution is -2.47. The van der Waals surface area contributed by atoms with Crippen molar-refractivity contribution >= 4 is 23.5 Å². The number of pyridine rings is 1. The van der Waals surface area contributed by atoms with E-state index >= 15 is 0 Å². The van der Waals surface area contributed by atoms with Crippen LogP contribution in [0.2, 0.25) is 0 Å². The zero-order valence-electron chi connectivity index (χ0n) is 13.8. The summed E-state index contributed by atoms with van der Waals surface area (Å²) in [5, 5.41) is 0. The molecule has 0 spiro atoms. The molecule has 0 saturated heterocycles. The number of aromatic nitrogens is 1. The Hall–Kier alpha value is -3.09. The molecule has 0 bridgehead atoms. The van der Waals surface area contributed by atoms with Crippen molar-refractivity contribution in [2.45, 2.75) is 19.4 Å². The van der Waals surface area contributed by atoms with Gasteiger partial charge in [0.15, 0.2) is 17.7 Å². The Morgan fingerprint density at radius 2 is 2.04 bits per heavy atom. The molecular formula is C18H19N3O4. The molecule has 7 heteroatoms. The third-order valence-corrected chi connectivity index (χ3v) is 3.82. The van der Waals surface area contributed by atoms with E-state index in [0.717, 1.165) is 5.56 Å². The third-order valence-electron chi connectivity index (χ3n) is 3.82. The molecule has 0 saturated carbocycles. The number of nitrogens with zero attached hydrogens (tertiary/aromatic N) is 2. The van der Waals surface area contributed by atoms with Gasteiger partial charge >= 0.3 is 5.97 Å². The first-order valence-electron chi connectivity index (χ1n) is 7.98. The minimum Gasteiger partial charge on any atom is -0.477 e. The second-order valence-electron chi connectivity index (χ2n) is 5.70. The van der Waals surface area contributed by atoms with Crippen molar-refractivity contribution < 1.29 is 19.1 Å². The number of anilines is 2. The molecule has 1 aliphatic rings. The van der Waals surface area contributed by atoms with Crippen LogP contribution in [0.3, 0.4) is 0 Å². The largest absolute Gasteiger partial charge is 0.477 e. The first-order chi connectivity index (χ1) is 12.0. The summed E-state index contributed by atoms with van der Waals surface area (Å²) in [6.07, 6.45) is -0.0861. The Balaban J connectivity index is 1.64. The van der Waals surface area contributed by atoms with Crippen molar-refractivity contribution in [2.75, 3.05) is 23.8 Å². The molecule has 0 aliphatic carbocycles. The number of ether oxygens (including phenoxy) is 2. The van der Waals surface area contributed by atoms with Gasteiger partial charge in [-0.15, -0.1) is 0 Å². The van der Waals surface area contributed by atoms with Crippen LogP contribution in [0.1, 0.15) is 12.5 Å². The maximum atomic E-state index is 12.3. The second-order valence-corrected chi connectivity index (χ2v) is 5.70. The van der Waals surface area contributed by atoms with Crippen molar-refractivity contribution in [1.82, 2.24) is 4.98 Å². The van der Waals surface area contributed by atoms with Crippen LogP contribution in [0, 0.1) is 0 Å². The zero-order valence-corrected chi connectivity index (χ0v) is 13.8. The van der Waals surface area contributed by atoms with Crippen molar-refractivity contribution in [3.8, 4) is 5.75 Å². The van der Waals surface area contributed by atoms with Crippen LogP contribution >= 0.6 is 0 Å². The van der Waals surface area contributed by atoms with E-state index in [1.54, 1.807) is 19.1 Å². The first-order valence-corrected chi connectivity index (χ1v) is 7.98. The Bertz CT molecular complexity index is 779. The summed E-state index contributed by atoms with van der Waals surface area (Å²) in [4.78, 5) is 29.8. The van der Waals surface area contributed by atoms with E-state index in [9.17, 15) is 9.59 Å². The van der Waals surface area contributed by atoms with Crippen LogP contribution in [-0.4, -0.2) is 36.1 Å². The van der Waals surface area contributed by atoms with Crippen LogP contribution in [-0.2, 0) is 20.7 Å². The lowest BCUT2D eigenvalue weighted by molar-refractivity contribution is -0.143. The normalized spacial score (nSPS) is 16.1. The summed E-state index contributed by atoms with van der Waals surface area (Å²) < 4.78 is 10.7. The van der Waals surface area contributed by atoms with Gasteiger partial charge in [0.1, 0.15) is 12.4 Å². The fourth-order valence-electron chi connectivity index (χ4n) is 2.56. The second kappa shape index (κ2) is 7.21. The molecule has 25 heavy (non-hydrogen) atoms. The van der Waals surface area contributed by atoms with Crippen LogP contribution in [0.5, 0.6) is 5.75 Å². The SMILES string of the molecule is CC1Oc2ccc(N)nc2N(CC(=O)OCCc2ccccc2)C1=O. The molecule has 1 aromatic carbocycles. The molecule has 0 radical (unpaired) electrons. The van der Waals surface area contributed by atoms with Crippen molar-refractivity contribution in [1.29, 1.82) is 0 Å². The summed E-state index contributed by atoms with van der Waals surface area (Å²) in [5.74, 6) is 0.0350. The summed E-state index contributed by atoms with van der Waals surface area (Å²) in [7, 11) is 0. The van der Waals surface area contributed by atoms with Crippen LogP contribution in [0.15, 0.2) is 42.5 Å². The predicted molar refractivity (Wildman–Crippen MR) is 92.2 cm³/mol. The van der Waals surface area contributed by atoms with Gasteiger partial charge in [-0.2, -0.15) is 0 Å². The Morgan fingerprint density at radius 3 is 2.80 bits per heavy atom. The molecule has 3 rings (SSSR count). The highest BCUT2D eigenvalue weighted by Crippen LogP contribution is 2.32. The van der Waals surface area contributed by atoms with E-state index in [2.05, 4.69) is 4.98 Å². The van der Waals surface area contributed by atoms with Crippen molar-refractivity contribution in [3.63, 3.8) is 0 Å². The van der Waals surface area contributed by atoms with E-state index in [1.165, 1.54) is 4.90 Å². The average molecular weight is 341 g/mol. The molecule has 0 fully saturated rings. The van der Waals surface area contributed by atoms with E-state index < -0.39 is 12.1 Å². The van der Waals surface area contributed by atoms with Crippen LogP contribution in [0.25, 0.3) is 0 Å². The molecule has 2 heterocycles. The topological polar surface area (TPSA) is 94.8 Å². The molecular weight excluding hydrogens is 322 g/mol. The number of carbonyl (C=O) groups excluding carboxylic acids is 2. The summed E-state index contributed by atoms with van der Waals surface area (Å²) >= 11 is 0. The standard InChI is InChI=1S/C18H19N3O4/c1-12-18(23)21(17-14(25-12)7-8-15(19)20-17)11-16(22)24-10-9-13-5-3-2-4-6-13/h2-8,12H,9-11H2,1H3,(H2,19,20). The van der Waals surface area contributed by atoms with Crippen molar-refractivity contribution in [2.24, 2.45) is 0 Å². The number of hydrogen-bond acceptors (Lipinski definition) is 6. The van der Waals surface area contributed by atoms with Gasteiger partial charge in [0.25, 0.3) is 5.91 Å². The number of nitrogen functional groups attached to an aromatic ring is 1. The zero-order chi connectivity index (χ0) is 17.8. The number of rotatable bonds is 5. The van der Waals surface area contributed by atoms with Crippen LogP contribution in [0.4, 0.5) is 11.6 Å². The smallest absolute Gasteiger partial charge is 0.326 e. The molecule has 7 nitrogen and oxygen atoms in total. The number of nitrogens with two attached hydrogens (primary N) is 1. The minimum absolute atomic E-state index is 0.231. The highest BCUT2D eigenvalue weighted by atomic mass is 16.5. The minimum atomic E-state index is -0.699. The number of hydrogen-bond donors (Lipinski definition) is 1. The molecule has 1 aromatic heterocycles. The molecule has 2 N–H and O–H groups in total. The average Bonchev–Trinajstić information content (AvgIpc) is 2.60. The van der Waals surface area contributed by atoms with Gasteiger partial charge in [-0.3, -0.25) is 14.5 Å². The number of esters is 1. The van der Waals surface area contributed by atoms with Gasteiger partial charge in [0, 0.05) is 6.42 Å². The Labute approximate surface area is 145 Å². The maximum absolute atomic E-state index is 12.3. The Kier molecular flexibility index (Phi) is 4.83. The third kappa shape index (κ3) is 3.88. The molecule has 1 unspecified atom stereocenters. The number of carbonyl (C=O) groups is 2. The van der Waals surface area contributed by atoms with Gasteiger partial charge < -0.3 is 15.2 Å². The number of amides is 1. The molecule has 1 aliphatic heterocycles. The van der Waals surface area contributed by atoms with Gasteiger partial charge in [-0.25, -0.2) is 4.98 Å². The monoisotopic (exact) mass is 341 g/mol. The van der Waals surface area contributed by atoms with Crippen molar-refractivity contribution in [3.05, 3.63) is 48.0 Å². The first kappa shape index (κ1) is 16.8. The quantitative estimate of drug-likeness (QED) is 0.830. The fraction of sp³-hybridized carbons (Fsp3) is 0.278. The summed E-state index contributed by atoms with van der Waals surface area (Å²) in [5.41, 5.74) is 6.75. The lowest BCUT2D eigenvalue weighted by Gasteiger charge is -2.31. The highest BCUT2D eigenvalue weighted by Gasteiger charge is 2.34. The van der Waals surface area contributed by atoms with Gasteiger partial charge in [-0.05, 0) is 24.6 Å². The van der Waals surface area contributed by atoms with E-state index in [0.29, 0.717) is 12.2 Å². The fourth-order valence-corrected chi connectivity index (χ4v) is 2.56. The van der Waals surface area contributed by atoms with Gasteiger partial charge in [0.2, 0.25) is 0 Å². The van der Waals surface area contributed by atoms with Gasteiger partial charge in [0.05, 0.1) is 6.61 Å². The molecule has 130 valence electrons. The molecule has 1 amide bonds. The molecule has 1 atom stereocenters. The predicted octanol–water partition coefficient (Wildman–Crippen LogP) is 1.56. The van der Waals surface area contributed by atoms with E-state index in [1.807, 2.05) is 30.3 Å². The Morgan fingerprint density at radius 1 is 1.28 bits per heavy atom. The van der Waals surface area contributed by atoms with E-state index in [4.69, 9.17) is 15.2 Å². The number of fused-ring (bicyclic) bond motifs is 1. The maximum Gasteiger partial charge on any atom is 0.326 e. The summed E-state index contributed by atoms with van der Waals surface area (Å²) in [6, 6.07) is 12.9. The lowest BCUT2D eigenvalue weighted by atomic mass is 10.2.